The molecule has 5 rings (SSSR count). The maximum Gasteiger partial charge on any atom is 0.407 e. The number of Topliss-reactive ketones (excluding diaryl/α,β-unsaturated/α-hetero) is 2. The number of ketones is 2. The second-order valence-corrected chi connectivity index (χ2v) is 39.4. The first-order chi connectivity index (χ1) is 65.5. The molecule has 30 nitrogen and oxygen atoms in total. The van der Waals surface area contributed by atoms with Crippen molar-refractivity contribution in [3.8, 4) is 11.1 Å². The summed E-state index contributed by atoms with van der Waals surface area (Å²) < 4.78 is 22.5. The average Bonchev–Trinajstić information content (AvgIpc) is 1.61. The third-order valence-electron chi connectivity index (χ3n) is 25.8. The Morgan fingerprint density at radius 1 is 0.450 bits per heavy atom. The summed E-state index contributed by atoms with van der Waals surface area (Å²) in [6.45, 7) is 44.1. The second-order valence-electron chi connectivity index (χ2n) is 38.5. The highest BCUT2D eigenvalue weighted by Gasteiger charge is 2.40. The molecule has 32 heteroatoms. The van der Waals surface area contributed by atoms with E-state index >= 15 is 0 Å². The van der Waals surface area contributed by atoms with Gasteiger partial charge in [0.1, 0.15) is 42.9 Å². The molecule has 7 N–H and O–H groups in total. The maximum atomic E-state index is 14.0. The summed E-state index contributed by atoms with van der Waals surface area (Å²) in [4.78, 5) is 200. The Bertz CT molecular complexity index is 4930. The first-order valence-electron chi connectivity index (χ1n) is 48.5. The Morgan fingerprint density at radius 2 is 0.814 bits per heavy atom. The van der Waals surface area contributed by atoms with Crippen molar-refractivity contribution >= 4 is 112 Å². The van der Waals surface area contributed by atoms with Crippen LogP contribution in [0, 0.1) is 53.3 Å². The number of rotatable bonds is 50. The fraction of sp³-hybridized carbons (Fsp3) is 0.565. The van der Waals surface area contributed by atoms with Crippen LogP contribution in [-0.2, 0) is 98.9 Å². The summed E-state index contributed by atoms with van der Waals surface area (Å²) in [5.74, 6) is -8.33. The van der Waals surface area contributed by atoms with Crippen LogP contribution in [-0.4, -0.2) is 233 Å². The smallest absolute Gasteiger partial charge is 0.407 e. The zero-order valence-electron chi connectivity index (χ0n) is 87.6. The molecule has 1 aliphatic rings. The number of halogens is 2. The lowest BCUT2D eigenvalue weighted by Gasteiger charge is -2.33. The Labute approximate surface area is 839 Å². The van der Waals surface area contributed by atoms with Crippen molar-refractivity contribution in [2.45, 2.75) is 297 Å². The SMILES string of the molecule is C/C=C(\C)[C@@H](O)[C@@H](C)[C@@H](C)C/C=C(\C)C(=O)O[C@H](CC(C)C)C(=O)N[C@@H](C)C(=O)N(C)[C@H](Cc1ccc(Cl)cc1)C(=O)N(C)CC(=O)N[C@H](C(C)=O)C(C)CC.C/C=C(\C)[C@@H](OC(=O)C(C)C)[C@@H](C)[C@@H](C)C/C=C(\C)C(=O)O[C@H](CC(C)C)C(=O)N[C@@H](C)C(=O)N(C)[C@H](Cc1ccc(Cl)cc1)C(=O)N(C)CC(=O)N[C@H](C(C)=O)C(C)CC.CC(NC(=O)OCC1c2ccccc2-c2ccccc21)C(=O)O. The predicted octanol–water partition coefficient (Wildman–Crippen LogP) is 15.6. The topological polar surface area (TPSA) is 407 Å². The van der Waals surface area contributed by atoms with E-state index in [-0.39, 0.29) is 122 Å². The van der Waals surface area contributed by atoms with Crippen LogP contribution in [0.5, 0.6) is 0 Å². The molecule has 0 saturated heterocycles. The number of amides is 9. The van der Waals surface area contributed by atoms with Crippen LogP contribution in [0.4, 0.5) is 4.79 Å². The number of hydrogen-bond donors (Lipinski definition) is 7. The first kappa shape index (κ1) is 123. The number of carboxylic acid groups (broad SMARTS) is 1. The van der Waals surface area contributed by atoms with Crippen molar-refractivity contribution in [2.75, 3.05) is 47.9 Å². The van der Waals surface area contributed by atoms with Crippen LogP contribution in [0.25, 0.3) is 11.1 Å². The number of carbonyl (C=O) groups is 15. The van der Waals surface area contributed by atoms with Gasteiger partial charge in [0, 0.05) is 68.1 Å². The Morgan fingerprint density at radius 3 is 1.15 bits per heavy atom. The van der Waals surface area contributed by atoms with Gasteiger partial charge in [0.15, 0.2) is 23.8 Å². The van der Waals surface area contributed by atoms with Gasteiger partial charge in [-0.25, -0.2) is 14.4 Å². The molecule has 4 aromatic carbocycles. The van der Waals surface area contributed by atoms with Gasteiger partial charge in [-0.15, -0.1) is 0 Å². The molecule has 140 heavy (non-hydrogen) atoms. The number of aliphatic hydroxyl groups excluding tert-OH is 1. The molecule has 0 radical (unpaired) electrons. The largest absolute Gasteiger partial charge is 0.480 e. The van der Waals surface area contributed by atoms with E-state index in [1.165, 1.54) is 82.4 Å². The summed E-state index contributed by atoms with van der Waals surface area (Å²) >= 11 is 12.2. The summed E-state index contributed by atoms with van der Waals surface area (Å²) in [6, 6.07) is 22.9. The van der Waals surface area contributed by atoms with Gasteiger partial charge < -0.3 is 75.3 Å². The van der Waals surface area contributed by atoms with E-state index in [0.717, 1.165) is 33.4 Å². The van der Waals surface area contributed by atoms with E-state index in [1.54, 1.807) is 88.4 Å². The van der Waals surface area contributed by atoms with E-state index < -0.39 is 138 Å². The number of aliphatic hydroxyl groups is 1. The summed E-state index contributed by atoms with van der Waals surface area (Å²) in [6.07, 6.45) is 6.05. The minimum atomic E-state index is -1.21. The van der Waals surface area contributed by atoms with Gasteiger partial charge in [0.2, 0.25) is 35.4 Å². The van der Waals surface area contributed by atoms with Crippen molar-refractivity contribution < 1.29 is 101 Å². The van der Waals surface area contributed by atoms with Crippen LogP contribution >= 0.6 is 23.2 Å². The van der Waals surface area contributed by atoms with Crippen LogP contribution in [0.2, 0.25) is 10.0 Å². The molecule has 0 aliphatic heterocycles. The van der Waals surface area contributed by atoms with Crippen LogP contribution in [0.1, 0.15) is 240 Å². The third-order valence-corrected chi connectivity index (χ3v) is 26.3. The summed E-state index contributed by atoms with van der Waals surface area (Å²) in [7, 11) is 5.79. The van der Waals surface area contributed by atoms with E-state index in [0.29, 0.717) is 58.0 Å². The minimum Gasteiger partial charge on any atom is -0.480 e. The van der Waals surface area contributed by atoms with Crippen molar-refractivity contribution in [2.24, 2.45) is 53.3 Å². The summed E-state index contributed by atoms with van der Waals surface area (Å²) in [5.41, 5.74) is 8.38. The van der Waals surface area contributed by atoms with Crippen LogP contribution < -0.4 is 26.6 Å². The standard InChI is InChI=1S/C47H73ClN4O9.C43H67ClN4O8.C18H17NO4/c1-16-29(7)41(35(13)53)50-40(54)26-51(14)45(57)38(25-36-20-22-37(48)23-21-36)52(15)44(56)34(12)49-43(55)39(24-27(3)4)60-47(59)32(10)19-18-31(9)33(11)42(30(8)17-2)61-46(58)28(5)6;1-14-26(5)38(32(11)49)46-37(50)24-47(12)42(54)35(23-33-18-20-34(44)21-19-33)48(13)41(53)31(10)45-40(52)36(22-25(3)4)56-43(55)29(8)17-16-28(7)30(9)39(51)27(6)15-2;1-11(17(20)21)19-18(22)23-10-16-14-8-4-2-6-12(14)13-7-3-5-9-15(13)16/h17,19-23,27-29,31,33-34,38-39,41-42H,16,18,24-26H2,1-15H3,(H,49,55)(H,50,54);15,17-21,25-26,28,30-31,35-36,38-39,51H,14,16,22-24H2,1-13H3,(H,45,52)(H,46,50);2-9,11,16H,10H2,1H3,(H,19,22)(H,20,21)/b30-17+,32-19+;27-15+,29-17+;/t29?,31-,33-,34-,38+,39+,41-,42+;26?,28-,30-,31-,35+,36+,38-,39+;/m00./s1. The van der Waals surface area contributed by atoms with Crippen molar-refractivity contribution in [1.82, 2.24) is 46.2 Å². The fourth-order valence-corrected chi connectivity index (χ4v) is 15.8. The molecule has 0 bridgehead atoms. The molecular formula is C108H157Cl2N9O21. The number of alkyl carbamates (subject to hydrolysis) is 1. The third kappa shape index (κ3) is 39.3. The van der Waals surface area contributed by atoms with Gasteiger partial charge >= 0.3 is 30.0 Å². The van der Waals surface area contributed by atoms with Gasteiger partial charge in [-0.05, 0) is 218 Å². The minimum absolute atomic E-state index is 0.0160. The number of allylic oxidation sites excluding steroid dienone is 4. The lowest BCUT2D eigenvalue weighted by Crippen LogP contribution is -2.56. The highest BCUT2D eigenvalue weighted by atomic mass is 35.5. The monoisotopic (exact) mass is 1990 g/mol. The van der Waals surface area contributed by atoms with Gasteiger partial charge in [-0.2, -0.15) is 0 Å². The van der Waals surface area contributed by atoms with Gasteiger partial charge in [0.05, 0.1) is 37.2 Å². The number of carbonyl (C=O) groups excluding carboxylic acids is 14. The number of nitrogens with zero attached hydrogens (tertiary/aromatic N) is 4. The number of nitrogens with one attached hydrogen (secondary N) is 5. The first-order valence-corrected chi connectivity index (χ1v) is 49.2. The quantitative estimate of drug-likeness (QED) is 0.00934. The molecule has 0 saturated carbocycles. The average molecular weight is 1990 g/mol. The predicted molar refractivity (Wildman–Crippen MR) is 545 cm³/mol. The molecule has 3 unspecified atom stereocenters. The van der Waals surface area contributed by atoms with Gasteiger partial charge in [0.25, 0.3) is 11.8 Å². The van der Waals surface area contributed by atoms with Crippen molar-refractivity contribution in [3.05, 3.63) is 176 Å². The Hall–Kier alpha value is -11.4. The zero-order valence-corrected chi connectivity index (χ0v) is 89.2. The second kappa shape index (κ2) is 60.0. The van der Waals surface area contributed by atoms with Crippen molar-refractivity contribution in [3.63, 3.8) is 0 Å². The number of ether oxygens (including phenoxy) is 4. The van der Waals surface area contributed by atoms with Gasteiger partial charge in [-0.1, -0.05) is 230 Å². The number of carboxylic acids is 1. The van der Waals surface area contributed by atoms with E-state index in [2.05, 4.69) is 38.7 Å². The molecule has 9 amide bonds. The van der Waals surface area contributed by atoms with E-state index in [1.807, 2.05) is 159 Å². The molecule has 0 spiro atoms. The number of hydrogen-bond acceptors (Lipinski definition) is 20. The summed E-state index contributed by atoms with van der Waals surface area (Å²) in [5, 5.41) is 33.5. The zero-order chi connectivity index (χ0) is 106. The van der Waals surface area contributed by atoms with Crippen molar-refractivity contribution in [1.29, 1.82) is 0 Å². The van der Waals surface area contributed by atoms with E-state index in [9.17, 15) is 77.0 Å². The lowest BCUT2D eigenvalue weighted by atomic mass is 9.84. The van der Waals surface area contributed by atoms with Crippen LogP contribution in [0.15, 0.2) is 144 Å². The molecule has 0 aromatic heterocycles. The maximum absolute atomic E-state index is 14.0. The fourth-order valence-electron chi connectivity index (χ4n) is 15.6. The molecule has 4 aromatic rings. The number of likely N-dealkylation sites (N-methyl/N-ethyl adjacent to an activating group) is 4. The number of benzene rings is 4. The number of fused-ring (bicyclic) bond motifs is 3. The highest BCUT2D eigenvalue weighted by molar-refractivity contribution is 6.30. The molecule has 17 atom stereocenters. The lowest BCUT2D eigenvalue weighted by molar-refractivity contribution is -0.154. The molecule has 0 fully saturated rings. The molecular weight excluding hydrogens is 1830 g/mol. The van der Waals surface area contributed by atoms with Crippen LogP contribution in [0.3, 0.4) is 0 Å². The van der Waals surface area contributed by atoms with E-state index in [4.69, 9.17) is 47.3 Å². The Kier molecular flexibility index (Phi) is 52.7. The molecule has 1 aliphatic carbocycles. The number of aliphatic carboxylic acids is 1. The normalized spacial score (nSPS) is 15.8. The molecule has 0 heterocycles. The molecule has 774 valence electrons. The Balaban J connectivity index is 0.000000587. The highest BCUT2D eigenvalue weighted by Crippen LogP contribution is 2.45. The number of esters is 3. The van der Waals surface area contributed by atoms with Gasteiger partial charge in [-0.3, -0.25) is 57.5 Å².